The second kappa shape index (κ2) is 6.13. The van der Waals surface area contributed by atoms with Gasteiger partial charge in [-0.2, -0.15) is 11.8 Å². The lowest BCUT2D eigenvalue weighted by Crippen LogP contribution is -2.19. The van der Waals surface area contributed by atoms with Gasteiger partial charge in [0, 0.05) is 36.0 Å². The largest absolute Gasteiger partial charge is 0.312 e. The van der Waals surface area contributed by atoms with E-state index in [2.05, 4.69) is 37.1 Å². The third-order valence-electron chi connectivity index (χ3n) is 1.87. The average Bonchev–Trinajstić information content (AvgIpc) is 2.17. The standard InChI is InChI=1S/C12H20N2S/c1-12(2,3)15-8-7-14-10-11-5-4-6-13-9-11/h4-6,9,14H,7-8,10H2,1-3H3. The van der Waals surface area contributed by atoms with E-state index in [1.807, 2.05) is 24.0 Å². The lowest BCUT2D eigenvalue weighted by molar-refractivity contribution is 0.723. The van der Waals surface area contributed by atoms with Crippen LogP contribution in [0, 0.1) is 0 Å². The lowest BCUT2D eigenvalue weighted by atomic mass is 10.3. The van der Waals surface area contributed by atoms with Gasteiger partial charge in [-0.15, -0.1) is 0 Å². The van der Waals surface area contributed by atoms with Crippen molar-refractivity contribution in [3.63, 3.8) is 0 Å². The van der Waals surface area contributed by atoms with Crippen LogP contribution in [0.25, 0.3) is 0 Å². The number of hydrogen-bond acceptors (Lipinski definition) is 3. The Kier molecular flexibility index (Phi) is 5.12. The van der Waals surface area contributed by atoms with E-state index in [1.165, 1.54) is 5.56 Å². The maximum absolute atomic E-state index is 4.08. The molecule has 1 rings (SSSR count). The number of nitrogens with zero attached hydrogens (tertiary/aromatic N) is 1. The molecular formula is C12H20N2S. The second-order valence-corrected chi connectivity index (χ2v) is 6.42. The highest BCUT2D eigenvalue weighted by atomic mass is 32.2. The molecule has 0 amide bonds. The van der Waals surface area contributed by atoms with Gasteiger partial charge in [-0.25, -0.2) is 0 Å². The fourth-order valence-electron chi connectivity index (χ4n) is 1.16. The molecule has 0 aliphatic carbocycles. The smallest absolute Gasteiger partial charge is 0.0312 e. The first-order valence-corrected chi connectivity index (χ1v) is 6.30. The van der Waals surface area contributed by atoms with Gasteiger partial charge in [-0.05, 0) is 11.6 Å². The molecule has 1 aromatic heterocycles. The molecule has 3 heteroatoms. The fourth-order valence-corrected chi connectivity index (χ4v) is 2.02. The molecule has 0 atom stereocenters. The Morgan fingerprint density at radius 3 is 2.80 bits per heavy atom. The third-order valence-corrected chi connectivity index (χ3v) is 3.14. The zero-order valence-electron chi connectivity index (χ0n) is 9.79. The van der Waals surface area contributed by atoms with E-state index in [-0.39, 0.29) is 0 Å². The molecule has 0 saturated carbocycles. The van der Waals surface area contributed by atoms with Crippen molar-refractivity contribution in [3.8, 4) is 0 Å². The van der Waals surface area contributed by atoms with E-state index >= 15 is 0 Å². The van der Waals surface area contributed by atoms with Crippen LogP contribution in [-0.2, 0) is 6.54 Å². The highest BCUT2D eigenvalue weighted by molar-refractivity contribution is 8.00. The molecule has 1 heterocycles. The number of pyridine rings is 1. The van der Waals surface area contributed by atoms with Crippen LogP contribution in [0.2, 0.25) is 0 Å². The van der Waals surface area contributed by atoms with Gasteiger partial charge in [0.05, 0.1) is 0 Å². The van der Waals surface area contributed by atoms with Gasteiger partial charge in [0.15, 0.2) is 0 Å². The first-order valence-electron chi connectivity index (χ1n) is 5.31. The molecule has 1 N–H and O–H groups in total. The summed E-state index contributed by atoms with van der Waals surface area (Å²) in [5, 5.41) is 3.41. The summed E-state index contributed by atoms with van der Waals surface area (Å²) in [5.41, 5.74) is 1.25. The van der Waals surface area contributed by atoms with Gasteiger partial charge in [-0.3, -0.25) is 4.98 Å². The summed E-state index contributed by atoms with van der Waals surface area (Å²) >= 11 is 1.99. The zero-order valence-corrected chi connectivity index (χ0v) is 10.6. The minimum atomic E-state index is 0.371. The van der Waals surface area contributed by atoms with Crippen LogP contribution in [0.1, 0.15) is 26.3 Å². The average molecular weight is 224 g/mol. The first kappa shape index (κ1) is 12.5. The molecule has 84 valence electrons. The number of rotatable bonds is 5. The third kappa shape index (κ3) is 6.52. The van der Waals surface area contributed by atoms with Gasteiger partial charge < -0.3 is 5.32 Å². The van der Waals surface area contributed by atoms with Crippen LogP contribution in [-0.4, -0.2) is 22.0 Å². The Labute approximate surface area is 96.9 Å². The normalized spacial score (nSPS) is 11.7. The molecule has 0 spiro atoms. The van der Waals surface area contributed by atoms with Crippen molar-refractivity contribution in [1.82, 2.24) is 10.3 Å². The Balaban J connectivity index is 2.08. The van der Waals surface area contributed by atoms with E-state index in [0.717, 1.165) is 18.8 Å². The highest BCUT2D eigenvalue weighted by Crippen LogP contribution is 2.21. The summed E-state index contributed by atoms with van der Waals surface area (Å²) in [6.45, 7) is 8.71. The molecule has 0 radical (unpaired) electrons. The van der Waals surface area contributed by atoms with Crippen LogP contribution >= 0.6 is 11.8 Å². The summed E-state index contributed by atoms with van der Waals surface area (Å²) in [6, 6.07) is 4.07. The van der Waals surface area contributed by atoms with Crippen LogP contribution in [0.15, 0.2) is 24.5 Å². The molecule has 0 saturated heterocycles. The summed E-state index contributed by atoms with van der Waals surface area (Å²) in [5.74, 6) is 1.16. The summed E-state index contributed by atoms with van der Waals surface area (Å²) in [7, 11) is 0. The Morgan fingerprint density at radius 1 is 1.40 bits per heavy atom. The van der Waals surface area contributed by atoms with Crippen molar-refractivity contribution >= 4 is 11.8 Å². The molecular weight excluding hydrogens is 204 g/mol. The van der Waals surface area contributed by atoms with E-state index in [9.17, 15) is 0 Å². The maximum Gasteiger partial charge on any atom is 0.0312 e. The quantitative estimate of drug-likeness (QED) is 0.778. The minimum absolute atomic E-state index is 0.371. The monoisotopic (exact) mass is 224 g/mol. The number of aromatic nitrogens is 1. The Bertz CT molecular complexity index is 267. The highest BCUT2D eigenvalue weighted by Gasteiger charge is 2.08. The molecule has 0 aromatic carbocycles. The Hall–Kier alpha value is -0.540. The van der Waals surface area contributed by atoms with Gasteiger partial charge in [0.25, 0.3) is 0 Å². The van der Waals surface area contributed by atoms with Crippen LogP contribution in [0.5, 0.6) is 0 Å². The van der Waals surface area contributed by atoms with Crippen molar-refractivity contribution in [2.45, 2.75) is 32.1 Å². The maximum atomic E-state index is 4.08. The molecule has 0 unspecified atom stereocenters. The summed E-state index contributed by atoms with van der Waals surface area (Å²) in [6.07, 6.45) is 3.71. The van der Waals surface area contributed by atoms with E-state index < -0.39 is 0 Å². The summed E-state index contributed by atoms with van der Waals surface area (Å²) < 4.78 is 0.371. The van der Waals surface area contributed by atoms with Crippen LogP contribution in [0.4, 0.5) is 0 Å². The van der Waals surface area contributed by atoms with Crippen molar-refractivity contribution in [3.05, 3.63) is 30.1 Å². The van der Waals surface area contributed by atoms with Crippen LogP contribution < -0.4 is 5.32 Å². The van der Waals surface area contributed by atoms with Gasteiger partial charge in [0.1, 0.15) is 0 Å². The van der Waals surface area contributed by atoms with Gasteiger partial charge in [-0.1, -0.05) is 26.8 Å². The molecule has 0 aliphatic rings. The first-order chi connectivity index (χ1) is 7.08. The van der Waals surface area contributed by atoms with Gasteiger partial charge >= 0.3 is 0 Å². The van der Waals surface area contributed by atoms with Crippen molar-refractivity contribution in [2.24, 2.45) is 0 Å². The topological polar surface area (TPSA) is 24.9 Å². The van der Waals surface area contributed by atoms with Crippen molar-refractivity contribution in [1.29, 1.82) is 0 Å². The molecule has 0 bridgehead atoms. The van der Waals surface area contributed by atoms with Crippen LogP contribution in [0.3, 0.4) is 0 Å². The van der Waals surface area contributed by atoms with Crippen molar-refractivity contribution in [2.75, 3.05) is 12.3 Å². The molecule has 1 aromatic rings. The Morgan fingerprint density at radius 2 is 2.20 bits per heavy atom. The minimum Gasteiger partial charge on any atom is -0.312 e. The van der Waals surface area contributed by atoms with Crippen molar-refractivity contribution < 1.29 is 0 Å². The second-order valence-electron chi connectivity index (χ2n) is 4.50. The summed E-state index contributed by atoms with van der Waals surface area (Å²) in [4.78, 5) is 4.08. The number of thioether (sulfide) groups is 1. The molecule has 15 heavy (non-hydrogen) atoms. The molecule has 0 fully saturated rings. The van der Waals surface area contributed by atoms with E-state index in [0.29, 0.717) is 4.75 Å². The number of nitrogens with one attached hydrogen (secondary N) is 1. The predicted octanol–water partition coefficient (Wildman–Crippen LogP) is 2.70. The fraction of sp³-hybridized carbons (Fsp3) is 0.583. The zero-order chi connectivity index (χ0) is 11.1. The predicted molar refractivity (Wildman–Crippen MR) is 68.2 cm³/mol. The van der Waals surface area contributed by atoms with E-state index in [4.69, 9.17) is 0 Å². The SMILES string of the molecule is CC(C)(C)SCCNCc1cccnc1. The lowest BCUT2D eigenvalue weighted by Gasteiger charge is -2.17. The molecule has 2 nitrogen and oxygen atoms in total. The van der Waals surface area contributed by atoms with Gasteiger partial charge in [0.2, 0.25) is 0 Å². The molecule has 0 aliphatic heterocycles. The van der Waals surface area contributed by atoms with E-state index in [1.54, 1.807) is 6.20 Å². The number of hydrogen-bond donors (Lipinski definition) is 1.